The fourth-order valence-electron chi connectivity index (χ4n) is 3.28. The quantitative estimate of drug-likeness (QED) is 0.553. The molecule has 0 saturated carbocycles. The monoisotopic (exact) mass is 380 g/mol. The van der Waals surface area contributed by atoms with Gasteiger partial charge in [-0.3, -0.25) is 14.5 Å². The molecule has 0 unspecified atom stereocenters. The van der Waals surface area contributed by atoms with Gasteiger partial charge in [-0.2, -0.15) is 0 Å². The lowest BCUT2D eigenvalue weighted by molar-refractivity contribution is -0.115. The molecule has 0 N–H and O–H groups in total. The summed E-state index contributed by atoms with van der Waals surface area (Å²) >= 11 is 6.69. The number of amides is 2. The van der Waals surface area contributed by atoms with E-state index in [0.29, 0.717) is 14.8 Å². The Bertz CT molecular complexity index is 1030. The molecule has 2 heterocycles. The van der Waals surface area contributed by atoms with Gasteiger partial charge >= 0.3 is 0 Å². The number of carbonyl (C=O) groups excluding carboxylic acids is 2. The smallest absolute Gasteiger partial charge is 0.271 e. The van der Waals surface area contributed by atoms with Crippen LogP contribution in [0.2, 0.25) is 0 Å². The second-order valence-corrected chi connectivity index (χ2v) is 8.03. The number of hydrogen-bond donors (Lipinski definition) is 0. The van der Waals surface area contributed by atoms with Gasteiger partial charge in [0.1, 0.15) is 0 Å². The van der Waals surface area contributed by atoms with Crippen LogP contribution in [0.5, 0.6) is 0 Å². The number of rotatable bonds is 1. The molecule has 2 aromatic rings. The Hall–Kier alpha value is -2.44. The Kier molecular flexibility index (Phi) is 3.97. The van der Waals surface area contributed by atoms with Crippen molar-refractivity contribution in [1.82, 2.24) is 0 Å². The number of hydrogen-bond acceptors (Lipinski definition) is 4. The third-order valence-corrected chi connectivity index (χ3v) is 6.03. The fraction of sp³-hybridized carbons (Fsp3) is 0.150. The lowest BCUT2D eigenvalue weighted by atomic mass is 10.1. The molecule has 0 atom stereocenters. The van der Waals surface area contributed by atoms with Crippen molar-refractivity contribution in [2.45, 2.75) is 13.8 Å². The number of thiocarbonyl (C=S) groups is 1. The lowest BCUT2D eigenvalue weighted by Crippen LogP contribution is -2.29. The van der Waals surface area contributed by atoms with Gasteiger partial charge in [-0.25, -0.2) is 0 Å². The van der Waals surface area contributed by atoms with E-state index in [2.05, 4.69) is 0 Å². The number of thioether (sulfide) groups is 1. The standard InChI is InChI=1S/C20H16N2O2S2/c1-11-8-9-12(2)15(10-11)22-19(24)17(26-20(22)25)16-13-6-4-5-7-14(13)21(3)18(16)23/h4-10H,1-3H3. The first-order chi connectivity index (χ1) is 12.4. The summed E-state index contributed by atoms with van der Waals surface area (Å²) in [6.07, 6.45) is 0. The molecule has 2 aliphatic rings. The van der Waals surface area contributed by atoms with Crippen LogP contribution in [0.25, 0.3) is 5.57 Å². The van der Waals surface area contributed by atoms with Crippen LogP contribution in [-0.4, -0.2) is 23.2 Å². The van der Waals surface area contributed by atoms with Crippen molar-refractivity contribution >= 4 is 57.1 Å². The first-order valence-electron chi connectivity index (χ1n) is 8.15. The van der Waals surface area contributed by atoms with Crippen molar-refractivity contribution in [3.8, 4) is 0 Å². The molecule has 6 heteroatoms. The van der Waals surface area contributed by atoms with Gasteiger partial charge in [0.25, 0.3) is 11.8 Å². The molecule has 0 aliphatic carbocycles. The summed E-state index contributed by atoms with van der Waals surface area (Å²) in [5, 5.41) is 0. The van der Waals surface area contributed by atoms with Crippen LogP contribution in [0.3, 0.4) is 0 Å². The third kappa shape index (κ3) is 2.40. The highest BCUT2D eigenvalue weighted by Gasteiger charge is 2.41. The maximum absolute atomic E-state index is 13.2. The summed E-state index contributed by atoms with van der Waals surface area (Å²) in [7, 11) is 1.72. The zero-order chi connectivity index (χ0) is 18.6. The highest BCUT2D eigenvalue weighted by Crippen LogP contribution is 2.45. The van der Waals surface area contributed by atoms with Gasteiger partial charge in [-0.1, -0.05) is 54.3 Å². The van der Waals surface area contributed by atoms with E-state index < -0.39 is 0 Å². The van der Waals surface area contributed by atoms with Crippen LogP contribution < -0.4 is 9.80 Å². The number of para-hydroxylation sites is 1. The maximum Gasteiger partial charge on any atom is 0.271 e. The molecule has 0 radical (unpaired) electrons. The van der Waals surface area contributed by atoms with E-state index in [9.17, 15) is 9.59 Å². The van der Waals surface area contributed by atoms with Gasteiger partial charge in [0.05, 0.1) is 21.9 Å². The summed E-state index contributed by atoms with van der Waals surface area (Å²) < 4.78 is 0.450. The number of carbonyl (C=O) groups is 2. The zero-order valence-corrected chi connectivity index (χ0v) is 16.2. The van der Waals surface area contributed by atoms with Crippen LogP contribution in [0, 0.1) is 13.8 Å². The molecule has 4 rings (SSSR count). The van der Waals surface area contributed by atoms with E-state index in [4.69, 9.17) is 12.2 Å². The molecule has 0 spiro atoms. The van der Waals surface area contributed by atoms with Gasteiger partial charge < -0.3 is 4.90 Å². The SMILES string of the molecule is Cc1ccc(C)c(N2C(=O)C(=C3C(=O)N(C)c4ccccc43)SC2=S)c1. The van der Waals surface area contributed by atoms with Crippen LogP contribution in [0.15, 0.2) is 47.4 Å². The Morgan fingerprint density at radius 3 is 2.46 bits per heavy atom. The van der Waals surface area contributed by atoms with Crippen molar-refractivity contribution in [2.24, 2.45) is 0 Å². The van der Waals surface area contributed by atoms with Crippen LogP contribution in [0.4, 0.5) is 11.4 Å². The molecule has 1 saturated heterocycles. The Balaban J connectivity index is 1.87. The molecule has 4 nitrogen and oxygen atoms in total. The van der Waals surface area contributed by atoms with Crippen molar-refractivity contribution in [3.05, 3.63) is 64.1 Å². The number of fused-ring (bicyclic) bond motifs is 1. The summed E-state index contributed by atoms with van der Waals surface area (Å²) in [4.78, 5) is 29.5. The average molecular weight is 380 g/mol. The topological polar surface area (TPSA) is 40.6 Å². The number of likely N-dealkylation sites (N-methyl/N-ethyl adjacent to an activating group) is 1. The van der Waals surface area contributed by atoms with Crippen LogP contribution in [-0.2, 0) is 9.59 Å². The molecule has 130 valence electrons. The second-order valence-electron chi connectivity index (χ2n) is 6.38. The normalized spacial score (nSPS) is 19.6. The first-order valence-corrected chi connectivity index (χ1v) is 9.38. The fourth-order valence-corrected chi connectivity index (χ4v) is 4.63. The summed E-state index contributed by atoms with van der Waals surface area (Å²) in [5.74, 6) is -0.408. The minimum Gasteiger partial charge on any atom is -0.311 e. The summed E-state index contributed by atoms with van der Waals surface area (Å²) in [5.41, 5.74) is 4.82. The van der Waals surface area contributed by atoms with Gasteiger partial charge in [0.2, 0.25) is 0 Å². The Labute approximate surface area is 161 Å². The molecule has 0 aromatic heterocycles. The molecular formula is C20H16N2O2S2. The van der Waals surface area contributed by atoms with Crippen molar-refractivity contribution in [2.75, 3.05) is 16.8 Å². The predicted octanol–water partition coefficient (Wildman–Crippen LogP) is 4.06. The van der Waals surface area contributed by atoms with Gasteiger partial charge in [0.15, 0.2) is 4.32 Å². The van der Waals surface area contributed by atoms with E-state index in [1.54, 1.807) is 16.8 Å². The van der Waals surface area contributed by atoms with Gasteiger partial charge in [-0.15, -0.1) is 0 Å². The maximum atomic E-state index is 13.2. The van der Waals surface area contributed by atoms with Gasteiger partial charge in [0, 0.05) is 12.6 Å². The predicted molar refractivity (Wildman–Crippen MR) is 110 cm³/mol. The van der Waals surface area contributed by atoms with Crippen LogP contribution in [0.1, 0.15) is 16.7 Å². The number of aryl methyl sites for hydroxylation is 2. The minimum absolute atomic E-state index is 0.173. The zero-order valence-electron chi connectivity index (χ0n) is 14.6. The first kappa shape index (κ1) is 17.0. The molecule has 1 fully saturated rings. The summed E-state index contributed by atoms with van der Waals surface area (Å²) in [6.45, 7) is 3.93. The second kappa shape index (κ2) is 6.07. The largest absolute Gasteiger partial charge is 0.311 e. The lowest BCUT2D eigenvalue weighted by Gasteiger charge is -2.18. The molecule has 0 bridgehead atoms. The Morgan fingerprint density at radius 2 is 1.69 bits per heavy atom. The van der Waals surface area contributed by atoms with Gasteiger partial charge in [-0.05, 0) is 37.1 Å². The highest BCUT2D eigenvalue weighted by atomic mass is 32.2. The number of nitrogens with zero attached hydrogens (tertiary/aromatic N) is 2. The van der Waals surface area contributed by atoms with E-state index >= 15 is 0 Å². The van der Waals surface area contributed by atoms with E-state index in [0.717, 1.165) is 28.1 Å². The molecule has 2 aromatic carbocycles. The Morgan fingerprint density at radius 1 is 0.962 bits per heavy atom. The van der Waals surface area contributed by atoms with Crippen molar-refractivity contribution in [3.63, 3.8) is 0 Å². The van der Waals surface area contributed by atoms with E-state index in [1.807, 2.05) is 56.3 Å². The van der Waals surface area contributed by atoms with Crippen molar-refractivity contribution in [1.29, 1.82) is 0 Å². The molecule has 2 amide bonds. The summed E-state index contributed by atoms with van der Waals surface area (Å²) in [6, 6.07) is 13.4. The number of anilines is 2. The molecular weight excluding hydrogens is 364 g/mol. The molecule has 2 aliphatic heterocycles. The van der Waals surface area contributed by atoms with Crippen LogP contribution >= 0.6 is 24.0 Å². The van der Waals surface area contributed by atoms with E-state index in [1.165, 1.54) is 11.8 Å². The molecule has 26 heavy (non-hydrogen) atoms. The third-order valence-electron chi connectivity index (χ3n) is 4.66. The van der Waals surface area contributed by atoms with Crippen molar-refractivity contribution < 1.29 is 9.59 Å². The number of benzene rings is 2. The van der Waals surface area contributed by atoms with E-state index in [-0.39, 0.29) is 11.8 Å². The average Bonchev–Trinajstić information content (AvgIpc) is 3.04. The minimum atomic E-state index is -0.234. The highest BCUT2D eigenvalue weighted by molar-refractivity contribution is 8.27.